The molecule has 2 aromatic carbocycles. The standard InChI is InChI=1S/C22H23N5O2/c23-21-19(9-5-4-8-16-6-2-1-3-7-16)20(25-22(24)26-21)15-12-17-10-13-18(14-11-17)27(28)29/h1-3,6-7,10-15H,4-5,8-9H2,(H4,23,24,25,26)/b15-12+. The van der Waals surface area contributed by atoms with Crippen molar-refractivity contribution in [2.24, 2.45) is 0 Å². The molecule has 0 aliphatic carbocycles. The summed E-state index contributed by atoms with van der Waals surface area (Å²) in [5, 5.41) is 10.8. The van der Waals surface area contributed by atoms with Crippen molar-refractivity contribution in [1.82, 2.24) is 9.97 Å². The van der Waals surface area contributed by atoms with Gasteiger partial charge in [0, 0.05) is 17.7 Å². The Labute approximate surface area is 169 Å². The minimum absolute atomic E-state index is 0.0526. The van der Waals surface area contributed by atoms with Gasteiger partial charge in [-0.2, -0.15) is 4.98 Å². The van der Waals surface area contributed by atoms with E-state index in [9.17, 15) is 10.1 Å². The van der Waals surface area contributed by atoms with Gasteiger partial charge in [-0.3, -0.25) is 10.1 Å². The van der Waals surface area contributed by atoms with Crippen LogP contribution in [0.15, 0.2) is 54.6 Å². The summed E-state index contributed by atoms with van der Waals surface area (Å²) in [6.45, 7) is 0. The molecule has 0 atom stereocenters. The van der Waals surface area contributed by atoms with Crippen LogP contribution in [0.1, 0.15) is 35.2 Å². The van der Waals surface area contributed by atoms with Crippen molar-refractivity contribution in [3.8, 4) is 0 Å². The average molecular weight is 389 g/mol. The lowest BCUT2D eigenvalue weighted by molar-refractivity contribution is -0.384. The van der Waals surface area contributed by atoms with E-state index in [2.05, 4.69) is 22.1 Å². The highest BCUT2D eigenvalue weighted by atomic mass is 16.6. The molecular weight excluding hydrogens is 366 g/mol. The third kappa shape index (κ3) is 5.62. The molecule has 0 spiro atoms. The highest BCUT2D eigenvalue weighted by molar-refractivity contribution is 5.72. The fraction of sp³-hybridized carbons (Fsp3) is 0.182. The van der Waals surface area contributed by atoms with Gasteiger partial charge >= 0.3 is 0 Å². The minimum Gasteiger partial charge on any atom is -0.383 e. The van der Waals surface area contributed by atoms with Crippen molar-refractivity contribution in [3.05, 3.63) is 87.1 Å². The number of unbranched alkanes of at least 4 members (excludes halogenated alkanes) is 1. The summed E-state index contributed by atoms with van der Waals surface area (Å²) in [5.41, 5.74) is 15.6. The van der Waals surface area contributed by atoms with Crippen LogP contribution in [-0.4, -0.2) is 14.9 Å². The zero-order chi connectivity index (χ0) is 20.6. The fourth-order valence-corrected chi connectivity index (χ4v) is 3.09. The molecule has 148 valence electrons. The van der Waals surface area contributed by atoms with Gasteiger partial charge in [0.25, 0.3) is 5.69 Å². The molecule has 7 nitrogen and oxygen atoms in total. The summed E-state index contributed by atoms with van der Waals surface area (Å²) in [5.74, 6) is 0.513. The number of aromatic nitrogens is 2. The van der Waals surface area contributed by atoms with Gasteiger partial charge in [0.15, 0.2) is 0 Å². The number of anilines is 2. The number of hydrogen-bond donors (Lipinski definition) is 2. The number of benzene rings is 2. The number of nitrogens with zero attached hydrogens (tertiary/aromatic N) is 3. The molecule has 0 saturated carbocycles. The Kier molecular flexibility index (Phi) is 6.52. The minimum atomic E-state index is -0.424. The van der Waals surface area contributed by atoms with E-state index in [0.717, 1.165) is 36.8 Å². The van der Waals surface area contributed by atoms with Crippen molar-refractivity contribution in [1.29, 1.82) is 0 Å². The van der Waals surface area contributed by atoms with Crippen molar-refractivity contribution < 1.29 is 4.92 Å². The van der Waals surface area contributed by atoms with Gasteiger partial charge in [0.1, 0.15) is 5.82 Å². The average Bonchev–Trinajstić information content (AvgIpc) is 2.72. The lowest BCUT2D eigenvalue weighted by atomic mass is 10.0. The van der Waals surface area contributed by atoms with Gasteiger partial charge in [-0.1, -0.05) is 36.4 Å². The molecule has 0 saturated heterocycles. The highest BCUT2D eigenvalue weighted by Crippen LogP contribution is 2.21. The molecule has 0 aliphatic heterocycles. The third-order valence-electron chi connectivity index (χ3n) is 4.61. The lowest BCUT2D eigenvalue weighted by Crippen LogP contribution is -2.07. The first kappa shape index (κ1) is 20.0. The molecule has 3 aromatic rings. The summed E-state index contributed by atoms with van der Waals surface area (Å²) in [7, 11) is 0. The molecule has 0 bridgehead atoms. The van der Waals surface area contributed by atoms with Crippen LogP contribution in [0.4, 0.5) is 17.5 Å². The second kappa shape index (κ2) is 9.45. The van der Waals surface area contributed by atoms with Crippen LogP contribution >= 0.6 is 0 Å². The predicted molar refractivity (Wildman–Crippen MR) is 116 cm³/mol. The van der Waals surface area contributed by atoms with E-state index in [1.54, 1.807) is 12.1 Å². The smallest absolute Gasteiger partial charge is 0.269 e. The van der Waals surface area contributed by atoms with Crippen LogP contribution < -0.4 is 11.5 Å². The number of rotatable bonds is 8. The molecule has 1 heterocycles. The summed E-state index contributed by atoms with van der Waals surface area (Å²) in [6.07, 6.45) is 7.38. The van der Waals surface area contributed by atoms with Crippen molar-refractivity contribution >= 4 is 29.6 Å². The number of nitro benzene ring substituents is 1. The largest absolute Gasteiger partial charge is 0.383 e. The molecule has 7 heteroatoms. The Morgan fingerprint density at radius 2 is 1.59 bits per heavy atom. The van der Waals surface area contributed by atoms with Gasteiger partial charge in [-0.05, 0) is 55.0 Å². The maximum absolute atomic E-state index is 10.8. The molecule has 0 radical (unpaired) electrons. The van der Waals surface area contributed by atoms with E-state index in [0.29, 0.717) is 11.5 Å². The number of nitrogens with two attached hydrogens (primary N) is 2. The topological polar surface area (TPSA) is 121 Å². The summed E-state index contributed by atoms with van der Waals surface area (Å²) in [6, 6.07) is 16.6. The van der Waals surface area contributed by atoms with E-state index >= 15 is 0 Å². The quantitative estimate of drug-likeness (QED) is 0.337. The second-order valence-electron chi connectivity index (χ2n) is 6.71. The number of non-ortho nitro benzene ring substituents is 1. The molecule has 29 heavy (non-hydrogen) atoms. The van der Waals surface area contributed by atoms with E-state index in [1.165, 1.54) is 17.7 Å². The van der Waals surface area contributed by atoms with Crippen LogP contribution in [0.25, 0.3) is 12.2 Å². The first-order valence-corrected chi connectivity index (χ1v) is 9.41. The molecule has 0 aliphatic rings. The third-order valence-corrected chi connectivity index (χ3v) is 4.61. The predicted octanol–water partition coefficient (Wildman–Crippen LogP) is 4.29. The van der Waals surface area contributed by atoms with Crippen LogP contribution in [0.5, 0.6) is 0 Å². The molecule has 0 unspecified atom stereocenters. The molecule has 3 rings (SSSR count). The van der Waals surface area contributed by atoms with E-state index in [1.807, 2.05) is 30.4 Å². The van der Waals surface area contributed by atoms with Gasteiger partial charge < -0.3 is 11.5 Å². The van der Waals surface area contributed by atoms with Crippen LogP contribution in [-0.2, 0) is 12.8 Å². The highest BCUT2D eigenvalue weighted by Gasteiger charge is 2.10. The molecular formula is C22H23N5O2. The maximum atomic E-state index is 10.8. The molecule has 1 aromatic heterocycles. The number of hydrogen-bond acceptors (Lipinski definition) is 6. The van der Waals surface area contributed by atoms with Gasteiger partial charge in [-0.25, -0.2) is 4.98 Å². The Balaban J connectivity index is 1.70. The Morgan fingerprint density at radius 3 is 2.28 bits per heavy atom. The first-order chi connectivity index (χ1) is 14.0. The van der Waals surface area contributed by atoms with E-state index < -0.39 is 4.92 Å². The van der Waals surface area contributed by atoms with E-state index in [4.69, 9.17) is 11.5 Å². The Hall–Kier alpha value is -3.74. The van der Waals surface area contributed by atoms with Gasteiger partial charge in [0.05, 0.1) is 10.6 Å². The molecule has 0 amide bonds. The zero-order valence-electron chi connectivity index (χ0n) is 16.0. The summed E-state index contributed by atoms with van der Waals surface area (Å²) >= 11 is 0. The Morgan fingerprint density at radius 1 is 0.897 bits per heavy atom. The zero-order valence-corrected chi connectivity index (χ0v) is 16.0. The van der Waals surface area contributed by atoms with E-state index in [-0.39, 0.29) is 11.6 Å². The fourth-order valence-electron chi connectivity index (χ4n) is 3.09. The number of nitrogen functional groups attached to an aromatic ring is 2. The molecule has 0 fully saturated rings. The van der Waals surface area contributed by atoms with Crippen LogP contribution in [0.3, 0.4) is 0 Å². The van der Waals surface area contributed by atoms with Gasteiger partial charge in [0.2, 0.25) is 5.95 Å². The Bertz CT molecular complexity index is 1000. The summed E-state index contributed by atoms with van der Waals surface area (Å²) < 4.78 is 0. The lowest BCUT2D eigenvalue weighted by Gasteiger charge is -2.09. The van der Waals surface area contributed by atoms with Crippen LogP contribution in [0, 0.1) is 10.1 Å². The number of aryl methyl sites for hydroxylation is 1. The monoisotopic (exact) mass is 389 g/mol. The second-order valence-corrected chi connectivity index (χ2v) is 6.71. The SMILES string of the molecule is Nc1nc(N)c(CCCCc2ccccc2)c(/C=C/c2ccc([N+](=O)[O-])cc2)n1. The first-order valence-electron chi connectivity index (χ1n) is 9.41. The van der Waals surface area contributed by atoms with Crippen molar-refractivity contribution in [2.45, 2.75) is 25.7 Å². The maximum Gasteiger partial charge on any atom is 0.269 e. The van der Waals surface area contributed by atoms with Crippen LogP contribution in [0.2, 0.25) is 0 Å². The summed E-state index contributed by atoms with van der Waals surface area (Å²) in [4.78, 5) is 18.8. The van der Waals surface area contributed by atoms with Crippen molar-refractivity contribution in [3.63, 3.8) is 0 Å². The number of nitro groups is 1. The molecule has 4 N–H and O–H groups in total. The van der Waals surface area contributed by atoms with Crippen molar-refractivity contribution in [2.75, 3.05) is 11.5 Å². The normalized spacial score (nSPS) is 11.0. The van der Waals surface area contributed by atoms with Gasteiger partial charge in [-0.15, -0.1) is 0 Å².